The molecule has 4 heterocycles. The van der Waals surface area contributed by atoms with Crippen molar-refractivity contribution in [3.8, 4) is 22.6 Å². The Kier molecular flexibility index (Phi) is 4.62. The molecule has 0 saturated heterocycles. The summed E-state index contributed by atoms with van der Waals surface area (Å²) in [6.45, 7) is 0. The van der Waals surface area contributed by atoms with Crippen LogP contribution in [0.3, 0.4) is 0 Å². The maximum Gasteiger partial charge on any atom is 0.414 e. The average molecular weight is 430 g/mol. The van der Waals surface area contributed by atoms with Gasteiger partial charge < -0.3 is 9.67 Å². The highest BCUT2D eigenvalue weighted by molar-refractivity contribution is 5.68. The van der Waals surface area contributed by atoms with Crippen LogP contribution >= 0.6 is 0 Å². The normalized spacial score (nSPS) is 16.7. The van der Waals surface area contributed by atoms with Crippen molar-refractivity contribution in [1.29, 1.82) is 0 Å². The van der Waals surface area contributed by atoms with Crippen molar-refractivity contribution in [3.63, 3.8) is 0 Å². The van der Waals surface area contributed by atoms with E-state index in [2.05, 4.69) is 10.1 Å². The lowest BCUT2D eigenvalue weighted by molar-refractivity contribution is -0.208. The van der Waals surface area contributed by atoms with Crippen molar-refractivity contribution in [2.45, 2.75) is 37.6 Å². The number of imidazole rings is 1. The lowest BCUT2D eigenvalue weighted by Gasteiger charge is -2.23. The average Bonchev–Trinajstić information content (AvgIpc) is 3.09. The molecule has 0 aromatic carbocycles. The van der Waals surface area contributed by atoms with Gasteiger partial charge in [0, 0.05) is 67.7 Å². The molecule has 0 aliphatic heterocycles. The summed E-state index contributed by atoms with van der Waals surface area (Å²) in [6, 6.07) is 3.29. The summed E-state index contributed by atoms with van der Waals surface area (Å²) in [6.07, 6.45) is 5.05. The number of rotatable bonds is 6. The van der Waals surface area contributed by atoms with Gasteiger partial charge in [0.25, 0.3) is 0 Å². The van der Waals surface area contributed by atoms with Gasteiger partial charge in [-0.05, 0) is 24.8 Å². The Bertz CT molecular complexity index is 1220. The summed E-state index contributed by atoms with van der Waals surface area (Å²) in [5.74, 6) is 0.777. The highest BCUT2D eigenvalue weighted by Crippen LogP contribution is 2.44. The number of aryl methyl sites for hydroxylation is 1. The fourth-order valence-corrected chi connectivity index (χ4v) is 3.98. The Morgan fingerprint density at radius 2 is 2.00 bits per heavy atom. The zero-order valence-corrected chi connectivity index (χ0v) is 16.7. The third-order valence-electron chi connectivity index (χ3n) is 5.75. The van der Waals surface area contributed by atoms with Crippen molar-refractivity contribution >= 4 is 5.65 Å². The molecule has 0 spiro atoms. The van der Waals surface area contributed by atoms with Gasteiger partial charge in [-0.2, -0.15) is 18.3 Å². The minimum Gasteiger partial charge on any atom is -0.384 e. The Labute approximate surface area is 175 Å². The van der Waals surface area contributed by atoms with Crippen LogP contribution in [-0.4, -0.2) is 46.1 Å². The van der Waals surface area contributed by atoms with Crippen LogP contribution in [0, 0.1) is 5.92 Å². The second-order valence-corrected chi connectivity index (χ2v) is 8.07. The molecule has 0 bridgehead atoms. The number of fused-ring (bicyclic) bond motifs is 1. The lowest BCUT2D eigenvalue weighted by atomic mass is 10.0. The van der Waals surface area contributed by atoms with Gasteiger partial charge in [-0.3, -0.25) is 9.08 Å². The van der Waals surface area contributed by atoms with Crippen LogP contribution < -0.4 is 0 Å². The van der Waals surface area contributed by atoms with E-state index in [1.165, 1.54) is 0 Å². The summed E-state index contributed by atoms with van der Waals surface area (Å²) < 4.78 is 44.1. The number of alkyl halides is 3. The molecule has 0 amide bonds. The van der Waals surface area contributed by atoms with Crippen LogP contribution in [-0.2, 0) is 7.05 Å². The number of aliphatic hydroxyl groups excluding tert-OH is 1. The van der Waals surface area contributed by atoms with Gasteiger partial charge in [-0.1, -0.05) is 0 Å². The number of nitrogens with zero attached hydrogens (tertiary/aromatic N) is 6. The molecule has 10 heteroatoms. The van der Waals surface area contributed by atoms with E-state index in [-0.39, 0.29) is 12.3 Å². The van der Waals surface area contributed by atoms with Crippen LogP contribution in [0.5, 0.6) is 0 Å². The first kappa shape index (κ1) is 19.8. The zero-order chi connectivity index (χ0) is 21.8. The smallest absolute Gasteiger partial charge is 0.384 e. The second-order valence-electron chi connectivity index (χ2n) is 8.07. The minimum absolute atomic E-state index is 0.139. The first-order valence-electron chi connectivity index (χ1n) is 10.1. The van der Waals surface area contributed by atoms with Crippen molar-refractivity contribution in [2.75, 3.05) is 0 Å². The molecule has 7 nitrogen and oxygen atoms in total. The standard InChI is InChI=1S/C21H21F3N6O/c1-28-11-15(10-26-28)16-8-19-25-5-7-30(19)20(27-16)14-4-6-29(12-14)17(13-2-3-13)9-18(31)21(22,23)24/h4-8,10-13,17-18,31H,2-3,9H2,1H3/t17-,18+/m0/s1. The predicted octanol–water partition coefficient (Wildman–Crippen LogP) is 3.86. The Balaban J connectivity index is 1.52. The highest BCUT2D eigenvalue weighted by atomic mass is 19.4. The molecule has 4 aromatic rings. The van der Waals surface area contributed by atoms with Crippen LogP contribution in [0.15, 0.2) is 49.3 Å². The van der Waals surface area contributed by atoms with E-state index < -0.39 is 18.3 Å². The van der Waals surface area contributed by atoms with Gasteiger partial charge in [0.15, 0.2) is 6.10 Å². The predicted molar refractivity (Wildman–Crippen MR) is 107 cm³/mol. The van der Waals surface area contributed by atoms with Gasteiger partial charge >= 0.3 is 6.18 Å². The molecule has 4 aromatic heterocycles. The van der Waals surface area contributed by atoms with Crippen molar-refractivity contribution in [2.24, 2.45) is 13.0 Å². The maximum atomic E-state index is 12.9. The molecule has 1 saturated carbocycles. The molecular formula is C21H21F3N6O. The number of hydrogen-bond donors (Lipinski definition) is 1. The van der Waals surface area contributed by atoms with E-state index in [0.717, 1.165) is 24.0 Å². The first-order chi connectivity index (χ1) is 14.8. The van der Waals surface area contributed by atoms with Crippen LogP contribution in [0.2, 0.25) is 0 Å². The quantitative estimate of drug-likeness (QED) is 0.504. The number of aliphatic hydroxyl groups is 1. The molecule has 31 heavy (non-hydrogen) atoms. The van der Waals surface area contributed by atoms with Gasteiger partial charge in [0.1, 0.15) is 11.5 Å². The van der Waals surface area contributed by atoms with Gasteiger partial charge in [-0.15, -0.1) is 0 Å². The fourth-order valence-electron chi connectivity index (χ4n) is 3.98. The minimum atomic E-state index is -4.62. The van der Waals surface area contributed by atoms with Crippen molar-refractivity contribution < 1.29 is 18.3 Å². The Morgan fingerprint density at radius 3 is 2.68 bits per heavy atom. The third-order valence-corrected chi connectivity index (χ3v) is 5.75. The Morgan fingerprint density at radius 1 is 1.19 bits per heavy atom. The summed E-state index contributed by atoms with van der Waals surface area (Å²) in [5.41, 5.74) is 3.03. The molecule has 1 aliphatic carbocycles. The van der Waals surface area contributed by atoms with Crippen LogP contribution in [0.1, 0.15) is 25.3 Å². The third kappa shape index (κ3) is 3.83. The fraction of sp³-hybridized carbons (Fsp3) is 0.381. The van der Waals surface area contributed by atoms with E-state index in [4.69, 9.17) is 4.98 Å². The van der Waals surface area contributed by atoms with E-state index in [9.17, 15) is 18.3 Å². The van der Waals surface area contributed by atoms with Crippen molar-refractivity contribution in [3.05, 3.63) is 49.3 Å². The van der Waals surface area contributed by atoms with Gasteiger partial charge in [-0.25, -0.2) is 9.97 Å². The van der Waals surface area contributed by atoms with Crippen molar-refractivity contribution in [1.82, 2.24) is 28.7 Å². The SMILES string of the molecule is Cn1cc(-c2cc3nccn3c(-c3ccn([C@@H](C[C@@H](O)C(F)(F)F)C4CC4)c3)n2)cn1. The Hall–Kier alpha value is -3.14. The molecular weight excluding hydrogens is 409 g/mol. The molecule has 0 unspecified atom stereocenters. The largest absolute Gasteiger partial charge is 0.414 e. The molecule has 1 N–H and O–H groups in total. The summed E-state index contributed by atoms with van der Waals surface area (Å²) >= 11 is 0. The number of halogens is 3. The number of hydrogen-bond acceptors (Lipinski definition) is 4. The molecule has 162 valence electrons. The van der Waals surface area contributed by atoms with E-state index in [0.29, 0.717) is 17.2 Å². The maximum absolute atomic E-state index is 12.9. The monoisotopic (exact) mass is 430 g/mol. The second kappa shape index (κ2) is 7.23. The van der Waals surface area contributed by atoms with Crippen LogP contribution in [0.4, 0.5) is 13.2 Å². The molecule has 5 rings (SSSR count). The molecule has 1 fully saturated rings. The first-order valence-corrected chi connectivity index (χ1v) is 10.1. The topological polar surface area (TPSA) is 73.2 Å². The van der Waals surface area contributed by atoms with Gasteiger partial charge in [0.2, 0.25) is 0 Å². The van der Waals surface area contributed by atoms with Crippen LogP contribution in [0.25, 0.3) is 28.3 Å². The van der Waals surface area contributed by atoms with E-state index in [1.807, 2.05) is 29.8 Å². The summed E-state index contributed by atoms with van der Waals surface area (Å²) in [7, 11) is 1.83. The number of aromatic nitrogens is 6. The van der Waals surface area contributed by atoms with Gasteiger partial charge in [0.05, 0.1) is 11.9 Å². The summed E-state index contributed by atoms with van der Waals surface area (Å²) in [4.78, 5) is 9.16. The zero-order valence-electron chi connectivity index (χ0n) is 16.7. The van der Waals surface area contributed by atoms with E-state index >= 15 is 0 Å². The molecule has 2 atom stereocenters. The highest BCUT2D eigenvalue weighted by Gasteiger charge is 2.43. The van der Waals surface area contributed by atoms with E-state index in [1.54, 1.807) is 40.2 Å². The lowest BCUT2D eigenvalue weighted by Crippen LogP contribution is -2.31. The molecule has 0 radical (unpaired) electrons. The molecule has 1 aliphatic rings. The summed E-state index contributed by atoms with van der Waals surface area (Å²) in [5, 5.41) is 13.8.